The minimum absolute atomic E-state index is 0.0322. The lowest BCUT2D eigenvalue weighted by molar-refractivity contribution is -0.137. The molecule has 4 aliphatic carbocycles. The van der Waals surface area contributed by atoms with Gasteiger partial charge in [0.2, 0.25) is 0 Å². The van der Waals surface area contributed by atoms with E-state index in [2.05, 4.69) is 16.0 Å². The second-order valence-corrected chi connectivity index (χ2v) is 9.70. The molecule has 32 heavy (non-hydrogen) atoms. The molecule has 4 bridgehead atoms. The number of phenolic OH excluding ortho intramolecular Hbond substituents is 1. The lowest BCUT2D eigenvalue weighted by Crippen LogP contribution is -2.48. The largest absolute Gasteiger partial charge is 0.504 e. The zero-order valence-corrected chi connectivity index (χ0v) is 18.7. The zero-order chi connectivity index (χ0) is 22.3. The smallest absolute Gasteiger partial charge is 0.330 e. The first-order chi connectivity index (χ1) is 15.5. The molecule has 0 radical (unpaired) electrons. The van der Waals surface area contributed by atoms with Gasteiger partial charge in [0.25, 0.3) is 0 Å². The van der Waals surface area contributed by atoms with E-state index in [-0.39, 0.29) is 17.1 Å². The van der Waals surface area contributed by atoms with Gasteiger partial charge in [0.1, 0.15) is 0 Å². The number of benzene rings is 1. The van der Waals surface area contributed by atoms with Crippen molar-refractivity contribution >= 4 is 12.0 Å². The van der Waals surface area contributed by atoms with E-state index in [1.54, 1.807) is 32.5 Å². The minimum Gasteiger partial charge on any atom is -0.504 e. The van der Waals surface area contributed by atoms with Crippen LogP contribution in [0.2, 0.25) is 0 Å². The number of phenols is 1. The molecule has 168 valence electrons. The number of ether oxygens (including phenoxy) is 2. The van der Waals surface area contributed by atoms with E-state index in [4.69, 9.17) is 9.47 Å². The topological polar surface area (TPSA) is 81.5 Å². The summed E-state index contributed by atoms with van der Waals surface area (Å²) in [6, 6.07) is 3.89. The molecule has 6 rings (SSSR count). The van der Waals surface area contributed by atoms with Crippen LogP contribution in [0, 0.1) is 17.8 Å². The maximum atomic E-state index is 11.5. The Kier molecular flexibility index (Phi) is 5.39. The van der Waals surface area contributed by atoms with Crippen molar-refractivity contribution < 1.29 is 19.4 Å². The molecule has 1 aromatic carbocycles. The summed E-state index contributed by atoms with van der Waals surface area (Å²) in [7, 11) is 1.59. The fourth-order valence-corrected chi connectivity index (χ4v) is 6.67. The highest BCUT2D eigenvalue weighted by Crippen LogP contribution is 2.62. The number of hydrogen-bond acceptors (Lipinski definition) is 6. The SMILES string of the molecule is CCOC(=O)C=Cc1cnc(-c2cc(OC)c(O)c(C34CC5CC(CC(C5)C3)C4)c2)nc1. The van der Waals surface area contributed by atoms with Gasteiger partial charge in [-0.05, 0) is 86.8 Å². The van der Waals surface area contributed by atoms with Crippen LogP contribution < -0.4 is 4.74 Å². The highest BCUT2D eigenvalue weighted by atomic mass is 16.5. The molecule has 4 aliphatic rings. The van der Waals surface area contributed by atoms with E-state index in [1.807, 2.05) is 6.07 Å². The van der Waals surface area contributed by atoms with Crippen molar-refractivity contribution in [2.24, 2.45) is 17.8 Å². The third-order valence-electron chi connectivity index (χ3n) is 7.53. The molecule has 2 aromatic rings. The Bertz CT molecular complexity index is 1010. The van der Waals surface area contributed by atoms with Gasteiger partial charge in [-0.1, -0.05) is 0 Å². The van der Waals surface area contributed by atoms with Gasteiger partial charge in [0.15, 0.2) is 17.3 Å². The Morgan fingerprint density at radius 1 is 1.12 bits per heavy atom. The number of hydrogen-bond donors (Lipinski definition) is 1. The molecule has 6 heteroatoms. The average Bonchev–Trinajstić information content (AvgIpc) is 2.77. The predicted molar refractivity (Wildman–Crippen MR) is 121 cm³/mol. The lowest BCUT2D eigenvalue weighted by atomic mass is 9.48. The van der Waals surface area contributed by atoms with Crippen LogP contribution in [0.3, 0.4) is 0 Å². The molecular formula is C26H30N2O4. The van der Waals surface area contributed by atoms with Crippen molar-refractivity contribution in [3.8, 4) is 22.9 Å². The number of methoxy groups -OCH3 is 1. The van der Waals surface area contributed by atoms with Crippen molar-refractivity contribution in [2.75, 3.05) is 13.7 Å². The number of carbonyl (C=O) groups excluding carboxylic acids is 1. The third-order valence-corrected chi connectivity index (χ3v) is 7.53. The first-order valence-corrected chi connectivity index (χ1v) is 11.6. The molecule has 1 aromatic heterocycles. The van der Waals surface area contributed by atoms with Crippen LogP contribution in [0.25, 0.3) is 17.5 Å². The predicted octanol–water partition coefficient (Wildman–Crippen LogP) is 4.90. The maximum Gasteiger partial charge on any atom is 0.330 e. The van der Waals surface area contributed by atoms with Crippen molar-refractivity contribution in [1.82, 2.24) is 9.97 Å². The molecule has 0 unspecified atom stereocenters. The van der Waals surface area contributed by atoms with E-state index < -0.39 is 0 Å². The van der Waals surface area contributed by atoms with Crippen LogP contribution in [-0.4, -0.2) is 34.8 Å². The first-order valence-electron chi connectivity index (χ1n) is 11.6. The summed E-state index contributed by atoms with van der Waals surface area (Å²) >= 11 is 0. The lowest BCUT2D eigenvalue weighted by Gasteiger charge is -2.57. The van der Waals surface area contributed by atoms with E-state index >= 15 is 0 Å². The Morgan fingerprint density at radius 3 is 2.31 bits per heavy atom. The van der Waals surface area contributed by atoms with Gasteiger partial charge in [0, 0.05) is 35.2 Å². The Hall–Kier alpha value is -2.89. The van der Waals surface area contributed by atoms with Crippen molar-refractivity contribution in [3.05, 3.63) is 41.7 Å². The molecule has 1 heterocycles. The fraction of sp³-hybridized carbons (Fsp3) is 0.500. The first kappa shape index (κ1) is 21.0. The van der Waals surface area contributed by atoms with Crippen LogP contribution in [0.5, 0.6) is 11.5 Å². The summed E-state index contributed by atoms with van der Waals surface area (Å²) in [6.07, 6.45) is 13.9. The highest BCUT2D eigenvalue weighted by Gasteiger charge is 2.52. The van der Waals surface area contributed by atoms with Crippen LogP contribution in [0.1, 0.15) is 56.6 Å². The number of esters is 1. The number of aromatic nitrogens is 2. The molecular weight excluding hydrogens is 404 g/mol. The van der Waals surface area contributed by atoms with Gasteiger partial charge in [-0.25, -0.2) is 14.8 Å². The highest BCUT2D eigenvalue weighted by molar-refractivity contribution is 5.86. The fourth-order valence-electron chi connectivity index (χ4n) is 6.67. The molecule has 6 nitrogen and oxygen atoms in total. The van der Waals surface area contributed by atoms with Gasteiger partial charge in [-0.2, -0.15) is 0 Å². The maximum absolute atomic E-state index is 11.5. The Morgan fingerprint density at radius 2 is 1.75 bits per heavy atom. The standard InChI is InChI=1S/C26H30N2O4/c1-3-32-23(29)5-4-16-14-27-25(28-15-16)20-9-21(24(30)22(10-20)31-2)26-11-17-6-18(12-26)8-19(7-17)13-26/h4-5,9-10,14-15,17-19,30H,3,6-8,11-13H2,1-2H3. The van der Waals surface area contributed by atoms with Crippen molar-refractivity contribution in [1.29, 1.82) is 0 Å². The van der Waals surface area contributed by atoms with E-state index in [0.29, 0.717) is 23.7 Å². The summed E-state index contributed by atoms with van der Waals surface area (Å²) < 4.78 is 10.5. The molecule has 4 saturated carbocycles. The van der Waals surface area contributed by atoms with Crippen LogP contribution in [0.15, 0.2) is 30.6 Å². The molecule has 0 spiro atoms. The third kappa shape index (κ3) is 3.76. The van der Waals surface area contributed by atoms with E-state index in [9.17, 15) is 9.90 Å². The minimum atomic E-state index is -0.389. The number of aromatic hydroxyl groups is 1. The molecule has 0 atom stereocenters. The Labute approximate surface area is 188 Å². The second kappa shape index (κ2) is 8.23. The molecule has 0 aliphatic heterocycles. The Balaban J connectivity index is 1.48. The molecule has 0 saturated heterocycles. The summed E-state index contributed by atoms with van der Waals surface area (Å²) in [5.41, 5.74) is 2.59. The summed E-state index contributed by atoms with van der Waals surface area (Å²) in [5.74, 6) is 3.25. The number of nitrogens with zero attached hydrogens (tertiary/aromatic N) is 2. The van der Waals surface area contributed by atoms with Gasteiger partial charge >= 0.3 is 5.97 Å². The summed E-state index contributed by atoms with van der Waals surface area (Å²) in [6.45, 7) is 2.11. The monoisotopic (exact) mass is 434 g/mol. The second-order valence-electron chi connectivity index (χ2n) is 9.70. The van der Waals surface area contributed by atoms with Crippen molar-refractivity contribution in [2.45, 2.75) is 50.9 Å². The van der Waals surface area contributed by atoms with E-state index in [1.165, 1.54) is 25.3 Å². The number of rotatable bonds is 6. The average molecular weight is 435 g/mol. The van der Waals surface area contributed by atoms with Gasteiger partial charge in [0.05, 0.1) is 13.7 Å². The number of carbonyl (C=O) groups is 1. The summed E-state index contributed by atoms with van der Waals surface area (Å²) in [5, 5.41) is 11.1. The van der Waals surface area contributed by atoms with Crippen LogP contribution >= 0.6 is 0 Å². The zero-order valence-electron chi connectivity index (χ0n) is 18.7. The molecule has 0 amide bonds. The van der Waals surface area contributed by atoms with Gasteiger partial charge < -0.3 is 14.6 Å². The summed E-state index contributed by atoms with van der Waals surface area (Å²) in [4.78, 5) is 20.5. The normalized spacial score (nSPS) is 28.2. The van der Waals surface area contributed by atoms with Crippen molar-refractivity contribution in [3.63, 3.8) is 0 Å². The molecule has 4 fully saturated rings. The van der Waals surface area contributed by atoms with Gasteiger partial charge in [-0.3, -0.25) is 0 Å². The quantitative estimate of drug-likeness (QED) is 0.514. The van der Waals surface area contributed by atoms with Crippen LogP contribution in [-0.2, 0) is 14.9 Å². The van der Waals surface area contributed by atoms with E-state index in [0.717, 1.165) is 48.1 Å². The van der Waals surface area contributed by atoms with Gasteiger partial charge in [-0.15, -0.1) is 0 Å². The molecule has 1 N–H and O–H groups in total. The van der Waals surface area contributed by atoms with Crippen LogP contribution in [0.4, 0.5) is 0 Å².